The predicted molar refractivity (Wildman–Crippen MR) is 82.9 cm³/mol. The van der Waals surface area contributed by atoms with Gasteiger partial charge in [-0.15, -0.1) is 11.3 Å². The fourth-order valence-corrected chi connectivity index (χ4v) is 3.58. The quantitative estimate of drug-likeness (QED) is 0.481. The molecule has 0 atom stereocenters. The number of aryl methyl sites for hydroxylation is 1. The Balaban J connectivity index is 1.89. The smallest absolute Gasteiger partial charge is 0.401 e. The number of anilines is 1. The molecule has 1 saturated heterocycles. The first-order valence-electron chi connectivity index (χ1n) is 6.04. The molecule has 2 aromatic rings. The third-order valence-corrected chi connectivity index (χ3v) is 4.66. The highest BCUT2D eigenvalue weighted by atomic mass is 32.2. The number of carbonyl (C=O) groups excluding carboxylic acids is 2. The van der Waals surface area contributed by atoms with Crippen LogP contribution in [0.2, 0.25) is 0 Å². The lowest BCUT2D eigenvalue weighted by Gasteiger charge is -2.08. The van der Waals surface area contributed by atoms with E-state index >= 15 is 0 Å². The van der Waals surface area contributed by atoms with Gasteiger partial charge in [-0.05, 0) is 36.9 Å². The Hall–Kier alpha value is -2.39. The first kappa shape index (κ1) is 14.5. The molecule has 1 aliphatic rings. The lowest BCUT2D eigenvalue weighted by molar-refractivity contribution is -0.402. The highest BCUT2D eigenvalue weighted by molar-refractivity contribution is 8.19. The normalized spacial score (nSPS) is 16.8. The molecular formula is C13H8N2O5S2. The van der Waals surface area contributed by atoms with Crippen molar-refractivity contribution in [2.75, 3.05) is 4.90 Å². The van der Waals surface area contributed by atoms with Gasteiger partial charge in [-0.2, -0.15) is 0 Å². The molecule has 3 rings (SSSR count). The number of nitro groups is 1. The van der Waals surface area contributed by atoms with Crippen molar-refractivity contribution in [2.45, 2.75) is 6.92 Å². The predicted octanol–water partition coefficient (Wildman–Crippen LogP) is 3.80. The maximum absolute atomic E-state index is 12.3. The van der Waals surface area contributed by atoms with E-state index in [1.807, 2.05) is 13.0 Å². The molecule has 0 radical (unpaired) electrons. The standard InChI is InChI=1S/C13H8N2O5S2/c1-7-2-5-11(21-7)14-12(16)9(22-13(14)17)6-8-3-4-10(20-8)15(18)19/h2-6H,1H3/b9-6-. The van der Waals surface area contributed by atoms with E-state index in [1.54, 1.807) is 6.07 Å². The fraction of sp³-hybridized carbons (Fsp3) is 0.0769. The van der Waals surface area contributed by atoms with E-state index in [2.05, 4.69) is 0 Å². The van der Waals surface area contributed by atoms with Crippen molar-refractivity contribution in [2.24, 2.45) is 0 Å². The minimum Gasteiger partial charge on any atom is -0.401 e. The monoisotopic (exact) mass is 336 g/mol. The minimum atomic E-state index is -0.669. The van der Waals surface area contributed by atoms with Gasteiger partial charge in [-0.3, -0.25) is 19.7 Å². The largest absolute Gasteiger partial charge is 0.433 e. The van der Waals surface area contributed by atoms with Gasteiger partial charge in [-0.25, -0.2) is 4.90 Å². The summed E-state index contributed by atoms with van der Waals surface area (Å²) < 4.78 is 4.97. The number of hydrogen-bond acceptors (Lipinski definition) is 7. The molecule has 9 heteroatoms. The number of hydrogen-bond donors (Lipinski definition) is 0. The molecule has 22 heavy (non-hydrogen) atoms. The number of imide groups is 1. The van der Waals surface area contributed by atoms with Crippen LogP contribution in [-0.4, -0.2) is 16.1 Å². The van der Waals surface area contributed by atoms with Crippen LogP contribution in [0.4, 0.5) is 15.7 Å². The van der Waals surface area contributed by atoms with Crippen molar-refractivity contribution in [1.29, 1.82) is 0 Å². The van der Waals surface area contributed by atoms with E-state index < -0.39 is 22.0 Å². The highest BCUT2D eigenvalue weighted by Crippen LogP contribution is 2.38. The molecule has 0 aromatic carbocycles. The van der Waals surface area contributed by atoms with Gasteiger partial charge in [0, 0.05) is 11.0 Å². The molecule has 112 valence electrons. The Morgan fingerprint density at radius 2 is 2.05 bits per heavy atom. The molecule has 1 aliphatic heterocycles. The second-order valence-electron chi connectivity index (χ2n) is 4.33. The van der Waals surface area contributed by atoms with Crippen LogP contribution in [0.1, 0.15) is 10.6 Å². The van der Waals surface area contributed by atoms with Gasteiger partial charge in [0.05, 0.1) is 11.0 Å². The topological polar surface area (TPSA) is 93.7 Å². The maximum Gasteiger partial charge on any atom is 0.433 e. The molecule has 0 N–H and O–H groups in total. The second-order valence-corrected chi connectivity index (χ2v) is 6.59. The zero-order valence-corrected chi connectivity index (χ0v) is 12.8. The molecule has 7 nitrogen and oxygen atoms in total. The van der Waals surface area contributed by atoms with Gasteiger partial charge in [0.15, 0.2) is 0 Å². The summed E-state index contributed by atoms with van der Waals surface area (Å²) in [5.74, 6) is -0.727. The van der Waals surface area contributed by atoms with Crippen LogP contribution in [-0.2, 0) is 4.79 Å². The Morgan fingerprint density at radius 3 is 2.64 bits per heavy atom. The maximum atomic E-state index is 12.3. The molecule has 0 bridgehead atoms. The lowest BCUT2D eigenvalue weighted by atomic mass is 10.3. The molecule has 0 unspecified atom stereocenters. The van der Waals surface area contributed by atoms with Gasteiger partial charge in [0.2, 0.25) is 0 Å². The highest BCUT2D eigenvalue weighted by Gasteiger charge is 2.37. The number of carbonyl (C=O) groups is 2. The summed E-state index contributed by atoms with van der Waals surface area (Å²) in [7, 11) is 0. The van der Waals surface area contributed by atoms with Gasteiger partial charge in [-0.1, -0.05) is 0 Å². The molecule has 0 aliphatic carbocycles. The molecule has 3 heterocycles. The molecule has 0 saturated carbocycles. The van der Waals surface area contributed by atoms with Crippen molar-refractivity contribution in [3.63, 3.8) is 0 Å². The van der Waals surface area contributed by atoms with Crippen LogP contribution in [0.15, 0.2) is 33.6 Å². The van der Waals surface area contributed by atoms with E-state index in [0.717, 1.165) is 21.5 Å². The first-order chi connectivity index (χ1) is 10.5. The third kappa shape index (κ3) is 2.55. The lowest BCUT2D eigenvalue weighted by Crippen LogP contribution is -2.26. The summed E-state index contributed by atoms with van der Waals surface area (Å²) >= 11 is 2.11. The van der Waals surface area contributed by atoms with Gasteiger partial charge >= 0.3 is 5.88 Å². The zero-order chi connectivity index (χ0) is 15.9. The number of amides is 2. The summed E-state index contributed by atoms with van der Waals surface area (Å²) in [6.07, 6.45) is 1.33. The summed E-state index contributed by atoms with van der Waals surface area (Å²) in [6.45, 7) is 1.88. The summed E-state index contributed by atoms with van der Waals surface area (Å²) in [5, 5.41) is 10.7. The van der Waals surface area contributed by atoms with Crippen molar-refractivity contribution < 1.29 is 18.9 Å². The molecule has 1 fully saturated rings. The first-order valence-corrected chi connectivity index (χ1v) is 7.67. The molecule has 2 aromatic heterocycles. The van der Waals surface area contributed by atoms with E-state index in [9.17, 15) is 19.7 Å². The third-order valence-electron chi connectivity index (χ3n) is 2.81. The fourth-order valence-electron chi connectivity index (χ4n) is 1.85. The van der Waals surface area contributed by atoms with Crippen LogP contribution < -0.4 is 4.90 Å². The van der Waals surface area contributed by atoms with E-state index in [4.69, 9.17) is 4.42 Å². The number of thioether (sulfide) groups is 1. The summed E-state index contributed by atoms with van der Waals surface area (Å²) in [4.78, 5) is 36.5. The Bertz CT molecular complexity index is 820. The minimum absolute atomic E-state index is 0.152. The van der Waals surface area contributed by atoms with Crippen LogP contribution in [0, 0.1) is 17.0 Å². The number of thiophene rings is 1. The summed E-state index contributed by atoms with van der Waals surface area (Å²) in [6, 6.07) is 6.10. The van der Waals surface area contributed by atoms with Crippen LogP contribution in [0.5, 0.6) is 0 Å². The zero-order valence-electron chi connectivity index (χ0n) is 11.1. The number of nitrogens with zero attached hydrogens (tertiary/aromatic N) is 2. The van der Waals surface area contributed by atoms with Crippen LogP contribution in [0.3, 0.4) is 0 Å². The average molecular weight is 336 g/mol. The van der Waals surface area contributed by atoms with Crippen molar-refractivity contribution in [1.82, 2.24) is 0 Å². The Kier molecular flexibility index (Phi) is 3.59. The van der Waals surface area contributed by atoms with Gasteiger partial charge in [0.1, 0.15) is 15.7 Å². The number of rotatable bonds is 3. The number of furan rings is 1. The van der Waals surface area contributed by atoms with Crippen LogP contribution in [0.25, 0.3) is 6.08 Å². The Labute approximate surface area is 132 Å². The van der Waals surface area contributed by atoms with Gasteiger partial charge < -0.3 is 4.42 Å². The molecule has 2 amide bonds. The molecular weight excluding hydrogens is 328 g/mol. The van der Waals surface area contributed by atoms with Crippen molar-refractivity contribution in [3.05, 3.63) is 49.9 Å². The Morgan fingerprint density at radius 1 is 1.27 bits per heavy atom. The van der Waals surface area contributed by atoms with E-state index in [-0.39, 0.29) is 10.7 Å². The average Bonchev–Trinajstić information content (AvgIpc) is 3.12. The molecule has 0 spiro atoms. The van der Waals surface area contributed by atoms with E-state index in [0.29, 0.717) is 5.00 Å². The van der Waals surface area contributed by atoms with Gasteiger partial charge in [0.25, 0.3) is 11.1 Å². The SMILES string of the molecule is Cc1ccc(N2C(=O)S/C(=C\c3ccc([N+](=O)[O-])o3)C2=O)s1. The van der Waals surface area contributed by atoms with Crippen LogP contribution >= 0.6 is 23.1 Å². The van der Waals surface area contributed by atoms with E-state index in [1.165, 1.54) is 29.5 Å². The summed E-state index contributed by atoms with van der Waals surface area (Å²) in [5.41, 5.74) is 0. The van der Waals surface area contributed by atoms with Crippen molar-refractivity contribution in [3.8, 4) is 0 Å². The van der Waals surface area contributed by atoms with Crippen molar-refractivity contribution >= 4 is 51.2 Å². The second kappa shape index (κ2) is 5.43.